The summed E-state index contributed by atoms with van der Waals surface area (Å²) in [5, 5.41) is 10.1. The maximum absolute atomic E-state index is 13.7. The Labute approximate surface area is 174 Å². The zero-order chi connectivity index (χ0) is 20.7. The average Bonchev–Trinajstić information content (AvgIpc) is 3.46. The maximum Gasteiger partial charge on any atom is 0.261 e. The Hall–Kier alpha value is -2.99. The number of hydrogen-bond donors (Lipinski definition) is 1. The first-order chi connectivity index (χ1) is 14.7. The van der Waals surface area contributed by atoms with Crippen molar-refractivity contribution in [3.05, 3.63) is 76.3 Å². The second-order valence-corrected chi connectivity index (χ2v) is 8.27. The van der Waals surface area contributed by atoms with Crippen LogP contribution in [-0.4, -0.2) is 38.6 Å². The summed E-state index contributed by atoms with van der Waals surface area (Å²) in [4.78, 5) is 33.5. The molecular formula is C24H25N3O3. The highest BCUT2D eigenvalue weighted by Gasteiger charge is 2.54. The highest BCUT2D eigenvalue weighted by molar-refractivity contribution is 5.91. The summed E-state index contributed by atoms with van der Waals surface area (Å²) in [6, 6.07) is 17.0. The summed E-state index contributed by atoms with van der Waals surface area (Å²) in [6.45, 7) is 0.690. The minimum atomic E-state index is -0.442. The Morgan fingerprint density at radius 1 is 1.10 bits per heavy atom. The van der Waals surface area contributed by atoms with Gasteiger partial charge in [0.15, 0.2) is 0 Å². The number of amides is 1. The van der Waals surface area contributed by atoms with Gasteiger partial charge < -0.3 is 10.0 Å². The number of aliphatic hydroxyl groups excluding tert-OH is 1. The smallest absolute Gasteiger partial charge is 0.261 e. The molecule has 154 valence electrons. The molecule has 2 aromatic carbocycles. The van der Waals surface area contributed by atoms with Gasteiger partial charge in [0, 0.05) is 6.54 Å². The molecule has 2 fully saturated rings. The monoisotopic (exact) mass is 403 g/mol. The zero-order valence-electron chi connectivity index (χ0n) is 16.8. The summed E-state index contributed by atoms with van der Waals surface area (Å²) in [5.74, 6) is 0.719. The van der Waals surface area contributed by atoms with Gasteiger partial charge in [-0.25, -0.2) is 4.98 Å². The van der Waals surface area contributed by atoms with E-state index in [1.165, 1.54) is 0 Å². The summed E-state index contributed by atoms with van der Waals surface area (Å²) in [7, 11) is 0. The standard InChI is InChI=1S/C24H25N3O3/c28-16-15-27-21(25-19-10-5-4-9-18(19)22(27)29)20-11-6-14-26(20)23(30)24(12-13-24)17-7-2-1-3-8-17/h1-5,7-10,20,28H,6,11-16H2. The highest BCUT2D eigenvalue weighted by atomic mass is 16.3. The second-order valence-electron chi connectivity index (χ2n) is 8.27. The molecule has 2 aliphatic rings. The molecule has 0 bridgehead atoms. The van der Waals surface area contributed by atoms with Gasteiger partial charge in [-0.15, -0.1) is 0 Å². The fraction of sp³-hybridized carbons (Fsp3) is 0.375. The third-order valence-electron chi connectivity index (χ3n) is 6.51. The van der Waals surface area contributed by atoms with Gasteiger partial charge in [-0.2, -0.15) is 0 Å². The van der Waals surface area contributed by atoms with E-state index in [1.54, 1.807) is 10.6 Å². The van der Waals surface area contributed by atoms with E-state index in [1.807, 2.05) is 53.4 Å². The molecule has 1 unspecified atom stereocenters. The Balaban J connectivity index is 1.57. The van der Waals surface area contributed by atoms with E-state index in [4.69, 9.17) is 4.98 Å². The molecule has 0 spiro atoms. The Bertz CT molecular complexity index is 1150. The quantitative estimate of drug-likeness (QED) is 0.711. The minimum absolute atomic E-state index is 0.133. The first-order valence-corrected chi connectivity index (χ1v) is 10.6. The third-order valence-corrected chi connectivity index (χ3v) is 6.51. The molecule has 6 nitrogen and oxygen atoms in total. The van der Waals surface area contributed by atoms with Crippen molar-refractivity contribution >= 4 is 16.8 Å². The molecule has 1 aliphatic carbocycles. The van der Waals surface area contributed by atoms with Gasteiger partial charge in [-0.1, -0.05) is 42.5 Å². The van der Waals surface area contributed by atoms with E-state index in [0.29, 0.717) is 23.3 Å². The Morgan fingerprint density at radius 2 is 1.83 bits per heavy atom. The van der Waals surface area contributed by atoms with Crippen LogP contribution >= 0.6 is 0 Å². The number of hydrogen-bond acceptors (Lipinski definition) is 4. The summed E-state index contributed by atoms with van der Waals surface area (Å²) < 4.78 is 1.56. The van der Waals surface area contributed by atoms with E-state index in [-0.39, 0.29) is 30.7 Å². The molecule has 3 aromatic rings. The normalized spacial score (nSPS) is 19.9. The minimum Gasteiger partial charge on any atom is -0.395 e. The van der Waals surface area contributed by atoms with Crippen LogP contribution in [0.3, 0.4) is 0 Å². The first kappa shape index (κ1) is 19.0. The van der Waals surface area contributed by atoms with Crippen molar-refractivity contribution in [2.75, 3.05) is 13.2 Å². The van der Waals surface area contributed by atoms with Crippen molar-refractivity contribution in [1.82, 2.24) is 14.5 Å². The molecule has 0 radical (unpaired) electrons. The third kappa shape index (κ3) is 2.94. The largest absolute Gasteiger partial charge is 0.395 e. The van der Waals surface area contributed by atoms with Crippen molar-refractivity contribution in [2.24, 2.45) is 0 Å². The molecule has 1 saturated carbocycles. The van der Waals surface area contributed by atoms with Crippen LogP contribution < -0.4 is 5.56 Å². The number of benzene rings is 2. The molecule has 1 atom stereocenters. The molecule has 30 heavy (non-hydrogen) atoms. The Morgan fingerprint density at radius 3 is 2.57 bits per heavy atom. The van der Waals surface area contributed by atoms with E-state index in [2.05, 4.69) is 0 Å². The van der Waals surface area contributed by atoms with Gasteiger partial charge in [0.2, 0.25) is 5.91 Å². The predicted octanol–water partition coefficient (Wildman–Crippen LogP) is 2.78. The van der Waals surface area contributed by atoms with Crippen molar-refractivity contribution in [2.45, 2.75) is 43.7 Å². The molecular weight excluding hydrogens is 378 g/mol. The number of para-hydroxylation sites is 1. The van der Waals surface area contributed by atoms with E-state index in [9.17, 15) is 14.7 Å². The van der Waals surface area contributed by atoms with Crippen molar-refractivity contribution in [3.63, 3.8) is 0 Å². The van der Waals surface area contributed by atoms with Crippen LogP contribution in [0.2, 0.25) is 0 Å². The topological polar surface area (TPSA) is 75.4 Å². The fourth-order valence-corrected chi connectivity index (χ4v) is 4.82. The van der Waals surface area contributed by atoms with Crippen LogP contribution in [0.5, 0.6) is 0 Å². The molecule has 1 N–H and O–H groups in total. The number of carbonyl (C=O) groups is 1. The average molecular weight is 403 g/mol. The van der Waals surface area contributed by atoms with Gasteiger partial charge in [-0.3, -0.25) is 14.2 Å². The summed E-state index contributed by atoms with van der Waals surface area (Å²) in [5.41, 5.74) is 1.10. The van der Waals surface area contributed by atoms with Gasteiger partial charge in [-0.05, 0) is 43.4 Å². The van der Waals surface area contributed by atoms with Crippen LogP contribution in [0.1, 0.15) is 43.1 Å². The lowest BCUT2D eigenvalue weighted by atomic mass is 9.94. The SMILES string of the molecule is O=C(N1CCCC1c1nc2ccccc2c(=O)n1CCO)C1(c2ccccc2)CC1. The lowest BCUT2D eigenvalue weighted by molar-refractivity contribution is -0.135. The molecule has 1 aliphatic heterocycles. The Kier molecular flexibility index (Phi) is 4.66. The van der Waals surface area contributed by atoms with E-state index < -0.39 is 5.41 Å². The van der Waals surface area contributed by atoms with Crippen LogP contribution in [-0.2, 0) is 16.8 Å². The summed E-state index contributed by atoms with van der Waals surface area (Å²) >= 11 is 0. The van der Waals surface area contributed by atoms with Crippen LogP contribution in [0, 0.1) is 0 Å². The van der Waals surface area contributed by atoms with Crippen molar-refractivity contribution in [3.8, 4) is 0 Å². The highest BCUT2D eigenvalue weighted by Crippen LogP contribution is 2.51. The first-order valence-electron chi connectivity index (χ1n) is 10.6. The lowest BCUT2D eigenvalue weighted by Crippen LogP contribution is -2.41. The lowest BCUT2D eigenvalue weighted by Gasteiger charge is -2.30. The number of aliphatic hydroxyl groups is 1. The van der Waals surface area contributed by atoms with Gasteiger partial charge in [0.05, 0.1) is 35.5 Å². The maximum atomic E-state index is 13.7. The number of nitrogens with zero attached hydrogens (tertiary/aromatic N) is 3. The second kappa shape index (κ2) is 7.36. The van der Waals surface area contributed by atoms with E-state index >= 15 is 0 Å². The molecule has 1 aromatic heterocycles. The number of rotatable bonds is 5. The van der Waals surface area contributed by atoms with E-state index in [0.717, 1.165) is 31.2 Å². The predicted molar refractivity (Wildman–Crippen MR) is 114 cm³/mol. The number of likely N-dealkylation sites (tertiary alicyclic amines) is 1. The van der Waals surface area contributed by atoms with Crippen molar-refractivity contribution < 1.29 is 9.90 Å². The number of carbonyl (C=O) groups excluding carboxylic acids is 1. The number of fused-ring (bicyclic) bond motifs is 1. The molecule has 5 rings (SSSR count). The molecule has 6 heteroatoms. The van der Waals surface area contributed by atoms with Crippen LogP contribution in [0.15, 0.2) is 59.4 Å². The number of aromatic nitrogens is 2. The van der Waals surface area contributed by atoms with Gasteiger partial charge in [0.25, 0.3) is 5.56 Å². The van der Waals surface area contributed by atoms with Crippen molar-refractivity contribution in [1.29, 1.82) is 0 Å². The molecule has 2 heterocycles. The summed E-state index contributed by atoms with van der Waals surface area (Å²) in [6.07, 6.45) is 3.36. The van der Waals surface area contributed by atoms with Crippen LogP contribution in [0.25, 0.3) is 10.9 Å². The zero-order valence-corrected chi connectivity index (χ0v) is 16.8. The molecule has 1 amide bonds. The fourth-order valence-electron chi connectivity index (χ4n) is 4.82. The van der Waals surface area contributed by atoms with Crippen LogP contribution in [0.4, 0.5) is 0 Å². The van der Waals surface area contributed by atoms with Gasteiger partial charge >= 0.3 is 0 Å². The van der Waals surface area contributed by atoms with Gasteiger partial charge in [0.1, 0.15) is 5.82 Å². The molecule has 1 saturated heterocycles.